The number of carbonyl (C=O) groups is 1. The van der Waals surface area contributed by atoms with Gasteiger partial charge in [0.05, 0.1) is 16.8 Å². The van der Waals surface area contributed by atoms with Crippen molar-refractivity contribution in [2.24, 2.45) is 11.5 Å². The molecule has 2 rings (SSSR count). The van der Waals surface area contributed by atoms with Crippen molar-refractivity contribution in [2.75, 3.05) is 13.1 Å². The highest BCUT2D eigenvalue weighted by Gasteiger charge is 2.27. The number of rotatable bonds is 4. The van der Waals surface area contributed by atoms with Gasteiger partial charge in [-0.3, -0.25) is 0 Å². The molecule has 6 N–H and O–H groups in total. The maximum Gasteiger partial charge on any atom is 0.351 e. The number of nitrogens with zero attached hydrogens (tertiary/aromatic N) is 1. The zero-order valence-electron chi connectivity index (χ0n) is 12.8. The van der Waals surface area contributed by atoms with Gasteiger partial charge in [0.2, 0.25) is 0 Å². The van der Waals surface area contributed by atoms with Crippen LogP contribution in [-0.4, -0.2) is 29.1 Å². The molecule has 0 fully saturated rings. The number of aliphatic carboxylic acids is 1. The van der Waals surface area contributed by atoms with Gasteiger partial charge in [0.1, 0.15) is 17.3 Å². The van der Waals surface area contributed by atoms with Gasteiger partial charge in [-0.05, 0) is 25.1 Å². The Bertz CT molecular complexity index is 736. The Labute approximate surface area is 148 Å². The van der Waals surface area contributed by atoms with Crippen molar-refractivity contribution in [1.29, 1.82) is 0 Å². The monoisotopic (exact) mass is 374 g/mol. The lowest BCUT2D eigenvalue weighted by Crippen LogP contribution is -2.42. The Morgan fingerprint density at radius 2 is 2.17 bits per heavy atom. The number of hydrogen-bond acceptors (Lipinski definition) is 5. The molecular weight excluding hydrogens is 358 g/mol. The first-order valence-electron chi connectivity index (χ1n) is 7.08. The lowest BCUT2D eigenvalue weighted by Gasteiger charge is -2.37. The number of benzene rings is 1. The average molecular weight is 375 g/mol. The lowest BCUT2D eigenvalue weighted by atomic mass is 10.0. The van der Waals surface area contributed by atoms with E-state index >= 15 is 0 Å². The van der Waals surface area contributed by atoms with Crippen LogP contribution in [0.2, 0.25) is 10.0 Å². The van der Waals surface area contributed by atoms with Crippen LogP contribution < -0.4 is 16.8 Å². The molecule has 0 aliphatic carbocycles. The quantitative estimate of drug-likeness (QED) is 0.475. The normalized spacial score (nSPS) is 16.8. The Balaban J connectivity index is 2.50. The van der Waals surface area contributed by atoms with E-state index < -0.39 is 17.8 Å². The molecule has 1 atom stereocenters. The minimum atomic E-state index is -1.27. The zero-order valence-corrected chi connectivity index (χ0v) is 14.3. The highest BCUT2D eigenvalue weighted by molar-refractivity contribution is 6.36. The fourth-order valence-electron chi connectivity index (χ4n) is 2.53. The molecule has 9 heteroatoms. The summed E-state index contributed by atoms with van der Waals surface area (Å²) in [5.74, 6) is -1.59. The van der Waals surface area contributed by atoms with Gasteiger partial charge in [-0.25, -0.2) is 9.18 Å². The summed E-state index contributed by atoms with van der Waals surface area (Å²) in [4.78, 5) is 12.8. The zero-order chi connectivity index (χ0) is 18.0. The van der Waals surface area contributed by atoms with Gasteiger partial charge in [0, 0.05) is 23.7 Å². The van der Waals surface area contributed by atoms with E-state index in [2.05, 4.69) is 5.32 Å². The van der Waals surface area contributed by atoms with Crippen molar-refractivity contribution >= 4 is 29.2 Å². The number of carboxylic acids is 1. The minimum absolute atomic E-state index is 0.0818. The SMILES string of the molecule is CC(c1c(Cl)ccc(F)c1Cl)N1CCNC(N)=C1/C=C(\N)C(=O)O. The number of carboxylic acid groups (broad SMARTS) is 1. The van der Waals surface area contributed by atoms with E-state index in [1.165, 1.54) is 18.2 Å². The van der Waals surface area contributed by atoms with Crippen LogP contribution in [0.15, 0.2) is 35.4 Å². The van der Waals surface area contributed by atoms with Gasteiger partial charge < -0.3 is 26.8 Å². The summed E-state index contributed by atoms with van der Waals surface area (Å²) in [6, 6.07) is 2.16. The largest absolute Gasteiger partial charge is 0.477 e. The first kappa shape index (κ1) is 18.2. The molecule has 0 radical (unpaired) electrons. The number of halogens is 3. The van der Waals surface area contributed by atoms with Gasteiger partial charge in [0.15, 0.2) is 0 Å². The standard InChI is InChI=1S/C15H17Cl2FN4O2/c1-7(12-8(16)2-3-9(18)13(12)17)22-5-4-21-14(20)11(22)6-10(19)15(23)24/h2-3,6-7,21H,4-5,19-20H2,1H3,(H,23,24)/b10-6-. The second kappa shape index (κ2) is 7.19. The molecule has 24 heavy (non-hydrogen) atoms. The summed E-state index contributed by atoms with van der Waals surface area (Å²) in [6.45, 7) is 2.77. The minimum Gasteiger partial charge on any atom is -0.477 e. The van der Waals surface area contributed by atoms with Gasteiger partial charge in [0.25, 0.3) is 0 Å². The summed E-state index contributed by atoms with van der Waals surface area (Å²) in [5, 5.41) is 12.1. The second-order valence-corrected chi connectivity index (χ2v) is 6.04. The lowest BCUT2D eigenvalue weighted by molar-refractivity contribution is -0.132. The Hall–Kier alpha value is -2.12. The molecule has 1 unspecified atom stereocenters. The first-order valence-corrected chi connectivity index (χ1v) is 7.83. The van der Waals surface area contributed by atoms with Crippen LogP contribution in [0.25, 0.3) is 0 Å². The van der Waals surface area contributed by atoms with Crippen molar-refractivity contribution in [3.63, 3.8) is 0 Å². The van der Waals surface area contributed by atoms with Gasteiger partial charge in [-0.2, -0.15) is 0 Å². The molecule has 0 saturated carbocycles. The van der Waals surface area contributed by atoms with E-state index in [0.29, 0.717) is 29.4 Å². The van der Waals surface area contributed by atoms with Crippen LogP contribution in [-0.2, 0) is 4.79 Å². The molecule has 130 valence electrons. The van der Waals surface area contributed by atoms with Crippen LogP contribution in [0.1, 0.15) is 18.5 Å². The van der Waals surface area contributed by atoms with E-state index in [4.69, 9.17) is 39.8 Å². The maximum absolute atomic E-state index is 13.8. The molecule has 0 aromatic heterocycles. The van der Waals surface area contributed by atoms with Crippen LogP contribution in [0, 0.1) is 5.82 Å². The molecule has 0 spiro atoms. The number of hydrogen-bond donors (Lipinski definition) is 4. The number of nitrogens with one attached hydrogen (secondary N) is 1. The van der Waals surface area contributed by atoms with E-state index in [0.717, 1.165) is 0 Å². The molecule has 0 bridgehead atoms. The maximum atomic E-state index is 13.8. The third-order valence-electron chi connectivity index (χ3n) is 3.76. The third-order valence-corrected chi connectivity index (χ3v) is 4.47. The fourth-order valence-corrected chi connectivity index (χ4v) is 3.22. The highest BCUT2D eigenvalue weighted by Crippen LogP contribution is 2.37. The molecule has 1 aromatic carbocycles. The van der Waals surface area contributed by atoms with Crippen LogP contribution in [0.4, 0.5) is 4.39 Å². The predicted octanol–water partition coefficient (Wildman–Crippen LogP) is 2.15. The van der Waals surface area contributed by atoms with E-state index in [1.807, 2.05) is 0 Å². The summed E-state index contributed by atoms with van der Waals surface area (Å²) < 4.78 is 13.8. The van der Waals surface area contributed by atoms with Crippen LogP contribution in [0.5, 0.6) is 0 Å². The number of nitrogens with two attached hydrogens (primary N) is 2. The van der Waals surface area contributed by atoms with Crippen molar-refractivity contribution in [2.45, 2.75) is 13.0 Å². The Kier molecular flexibility index (Phi) is 5.46. The van der Waals surface area contributed by atoms with Crippen molar-refractivity contribution < 1.29 is 14.3 Å². The fraction of sp³-hybridized carbons (Fsp3) is 0.267. The van der Waals surface area contributed by atoms with Gasteiger partial charge >= 0.3 is 5.97 Å². The van der Waals surface area contributed by atoms with Crippen molar-refractivity contribution in [3.8, 4) is 0 Å². The third kappa shape index (κ3) is 3.52. The molecule has 6 nitrogen and oxygen atoms in total. The van der Waals surface area contributed by atoms with E-state index in [9.17, 15) is 9.18 Å². The Morgan fingerprint density at radius 3 is 2.79 bits per heavy atom. The van der Waals surface area contributed by atoms with Gasteiger partial charge in [-0.15, -0.1) is 0 Å². The topological polar surface area (TPSA) is 105 Å². The molecule has 1 aliphatic heterocycles. The molecule has 0 saturated heterocycles. The second-order valence-electron chi connectivity index (χ2n) is 5.26. The average Bonchev–Trinajstić information content (AvgIpc) is 2.52. The van der Waals surface area contributed by atoms with Gasteiger partial charge in [-0.1, -0.05) is 23.2 Å². The smallest absolute Gasteiger partial charge is 0.351 e. The summed E-state index contributed by atoms with van der Waals surface area (Å²) in [5.41, 5.74) is 11.8. The summed E-state index contributed by atoms with van der Waals surface area (Å²) in [6.07, 6.45) is 1.25. The predicted molar refractivity (Wildman–Crippen MR) is 90.7 cm³/mol. The molecule has 1 heterocycles. The van der Waals surface area contributed by atoms with E-state index in [-0.39, 0.29) is 16.5 Å². The van der Waals surface area contributed by atoms with Crippen LogP contribution in [0.3, 0.4) is 0 Å². The summed E-state index contributed by atoms with van der Waals surface area (Å²) >= 11 is 12.3. The molecule has 1 aromatic rings. The molecular formula is C15H17Cl2FN4O2. The Morgan fingerprint density at radius 1 is 1.50 bits per heavy atom. The molecule has 0 amide bonds. The summed E-state index contributed by atoms with van der Waals surface area (Å²) in [7, 11) is 0. The molecule has 1 aliphatic rings. The van der Waals surface area contributed by atoms with Crippen molar-refractivity contribution in [3.05, 3.63) is 56.8 Å². The first-order chi connectivity index (χ1) is 11.2. The van der Waals surface area contributed by atoms with E-state index in [1.54, 1.807) is 11.8 Å². The number of allylic oxidation sites excluding steroid dienone is 1. The van der Waals surface area contributed by atoms with Crippen molar-refractivity contribution in [1.82, 2.24) is 10.2 Å². The van der Waals surface area contributed by atoms with Crippen LogP contribution >= 0.6 is 23.2 Å². The highest BCUT2D eigenvalue weighted by atomic mass is 35.5.